The zero-order valence-electron chi connectivity index (χ0n) is 11.3. The first kappa shape index (κ1) is 13.4. The van der Waals surface area contributed by atoms with E-state index in [1.165, 1.54) is 19.3 Å². The van der Waals surface area contributed by atoms with Gasteiger partial charge in [0.1, 0.15) is 5.75 Å². The molecule has 100 valence electrons. The van der Waals surface area contributed by atoms with Crippen molar-refractivity contribution in [2.45, 2.75) is 51.4 Å². The Balaban J connectivity index is 1.83. The minimum Gasteiger partial charge on any atom is -0.491 e. The Hall–Kier alpha value is -1.06. The van der Waals surface area contributed by atoms with Gasteiger partial charge in [-0.1, -0.05) is 12.1 Å². The number of nitrogens with two attached hydrogens (primary N) is 1. The molecule has 1 aromatic carbocycles. The van der Waals surface area contributed by atoms with Gasteiger partial charge in [-0.25, -0.2) is 0 Å². The molecular weight excluding hydrogens is 226 g/mol. The molecule has 0 amide bonds. The molecule has 0 aromatic heterocycles. The molecule has 1 aliphatic carbocycles. The molecule has 1 atom stereocenters. The van der Waals surface area contributed by atoms with E-state index in [0.717, 1.165) is 11.3 Å². The van der Waals surface area contributed by atoms with Gasteiger partial charge in [-0.15, -0.1) is 0 Å². The van der Waals surface area contributed by atoms with Crippen molar-refractivity contribution in [3.05, 3.63) is 29.8 Å². The molecule has 0 heterocycles. The van der Waals surface area contributed by atoms with E-state index in [4.69, 9.17) is 15.2 Å². The summed E-state index contributed by atoms with van der Waals surface area (Å²) in [6, 6.07) is 7.94. The van der Waals surface area contributed by atoms with Gasteiger partial charge in [0.15, 0.2) is 0 Å². The Morgan fingerprint density at radius 1 is 1.22 bits per heavy atom. The van der Waals surface area contributed by atoms with E-state index in [9.17, 15) is 0 Å². The van der Waals surface area contributed by atoms with Gasteiger partial charge >= 0.3 is 0 Å². The first-order valence-electron chi connectivity index (χ1n) is 6.79. The minimum atomic E-state index is -0.0429. The molecule has 0 bridgehead atoms. The Morgan fingerprint density at radius 2 is 1.89 bits per heavy atom. The van der Waals surface area contributed by atoms with Gasteiger partial charge in [-0.2, -0.15) is 0 Å². The maximum Gasteiger partial charge on any atom is 0.119 e. The summed E-state index contributed by atoms with van der Waals surface area (Å²) in [7, 11) is 0. The minimum absolute atomic E-state index is 0.0429. The molecule has 2 N–H and O–H groups in total. The lowest BCUT2D eigenvalue weighted by Crippen LogP contribution is -2.26. The zero-order chi connectivity index (χ0) is 13.0. The van der Waals surface area contributed by atoms with Crippen molar-refractivity contribution >= 4 is 0 Å². The van der Waals surface area contributed by atoms with Crippen molar-refractivity contribution in [2.75, 3.05) is 6.61 Å². The van der Waals surface area contributed by atoms with Gasteiger partial charge in [-0.3, -0.25) is 0 Å². The fourth-order valence-electron chi connectivity index (χ4n) is 1.94. The molecule has 18 heavy (non-hydrogen) atoms. The van der Waals surface area contributed by atoms with Crippen molar-refractivity contribution < 1.29 is 9.47 Å². The molecule has 0 radical (unpaired) electrons. The van der Waals surface area contributed by atoms with Gasteiger partial charge in [-0.05, 0) is 50.8 Å². The quantitative estimate of drug-likeness (QED) is 0.842. The number of hydrogen-bond acceptors (Lipinski definition) is 3. The van der Waals surface area contributed by atoms with Gasteiger partial charge in [0.05, 0.1) is 24.9 Å². The highest BCUT2D eigenvalue weighted by molar-refractivity contribution is 5.29. The number of rotatable bonds is 6. The van der Waals surface area contributed by atoms with Crippen LogP contribution in [0.25, 0.3) is 0 Å². The van der Waals surface area contributed by atoms with E-state index >= 15 is 0 Å². The van der Waals surface area contributed by atoms with Crippen molar-refractivity contribution in [3.63, 3.8) is 0 Å². The van der Waals surface area contributed by atoms with Crippen LogP contribution in [0.4, 0.5) is 0 Å². The van der Waals surface area contributed by atoms with E-state index in [2.05, 4.69) is 0 Å². The monoisotopic (exact) mass is 249 g/mol. The standard InChI is InChI=1S/C15H23NO2/c1-11(2)18-14-8-6-12(7-9-14)15(16)10-17-13-4-3-5-13/h6-9,11,13,15H,3-5,10,16H2,1-2H3. The summed E-state index contributed by atoms with van der Waals surface area (Å²) in [5, 5.41) is 0. The SMILES string of the molecule is CC(C)Oc1ccc(C(N)COC2CCC2)cc1. The third-order valence-electron chi connectivity index (χ3n) is 3.24. The first-order chi connectivity index (χ1) is 8.65. The van der Waals surface area contributed by atoms with Crippen molar-refractivity contribution in [2.24, 2.45) is 5.73 Å². The van der Waals surface area contributed by atoms with Crippen LogP contribution in [0.3, 0.4) is 0 Å². The lowest BCUT2D eigenvalue weighted by Gasteiger charge is -2.27. The van der Waals surface area contributed by atoms with Crippen LogP contribution >= 0.6 is 0 Å². The summed E-state index contributed by atoms with van der Waals surface area (Å²) in [4.78, 5) is 0. The van der Waals surface area contributed by atoms with E-state index in [0.29, 0.717) is 12.7 Å². The van der Waals surface area contributed by atoms with Crippen LogP contribution in [-0.4, -0.2) is 18.8 Å². The Bertz CT molecular complexity index is 357. The second-order valence-electron chi connectivity index (χ2n) is 5.23. The smallest absolute Gasteiger partial charge is 0.119 e. The van der Waals surface area contributed by atoms with E-state index in [-0.39, 0.29) is 12.1 Å². The van der Waals surface area contributed by atoms with Gasteiger partial charge in [0.25, 0.3) is 0 Å². The average molecular weight is 249 g/mol. The second-order valence-corrected chi connectivity index (χ2v) is 5.23. The molecule has 1 unspecified atom stereocenters. The number of ether oxygens (including phenoxy) is 2. The van der Waals surface area contributed by atoms with Crippen molar-refractivity contribution in [1.29, 1.82) is 0 Å². The largest absolute Gasteiger partial charge is 0.491 e. The third-order valence-corrected chi connectivity index (χ3v) is 3.24. The maximum atomic E-state index is 6.11. The van der Waals surface area contributed by atoms with E-state index < -0.39 is 0 Å². The fourth-order valence-corrected chi connectivity index (χ4v) is 1.94. The van der Waals surface area contributed by atoms with Crippen LogP contribution in [0.15, 0.2) is 24.3 Å². The molecular formula is C15H23NO2. The highest BCUT2D eigenvalue weighted by atomic mass is 16.5. The van der Waals surface area contributed by atoms with Gasteiger partial charge in [0.2, 0.25) is 0 Å². The molecule has 3 heteroatoms. The Kier molecular flexibility index (Phi) is 4.61. The molecule has 1 aliphatic rings. The molecule has 2 rings (SSSR count). The molecule has 0 saturated heterocycles. The summed E-state index contributed by atoms with van der Waals surface area (Å²) < 4.78 is 11.3. The first-order valence-corrected chi connectivity index (χ1v) is 6.79. The topological polar surface area (TPSA) is 44.5 Å². The second kappa shape index (κ2) is 6.21. The van der Waals surface area contributed by atoms with Crippen molar-refractivity contribution in [1.82, 2.24) is 0 Å². The summed E-state index contributed by atoms with van der Waals surface area (Å²) in [6.45, 7) is 4.65. The molecule has 1 aromatic rings. The normalized spacial score (nSPS) is 17.6. The lowest BCUT2D eigenvalue weighted by atomic mass is 9.96. The molecule has 0 spiro atoms. The van der Waals surface area contributed by atoms with Gasteiger partial charge in [0, 0.05) is 0 Å². The van der Waals surface area contributed by atoms with Crippen LogP contribution < -0.4 is 10.5 Å². The van der Waals surface area contributed by atoms with Crippen LogP contribution in [0.2, 0.25) is 0 Å². The average Bonchev–Trinajstić information content (AvgIpc) is 2.27. The van der Waals surface area contributed by atoms with Crippen molar-refractivity contribution in [3.8, 4) is 5.75 Å². The summed E-state index contributed by atoms with van der Waals surface area (Å²) in [6.07, 6.45) is 4.31. The highest BCUT2D eigenvalue weighted by Crippen LogP contribution is 2.24. The van der Waals surface area contributed by atoms with Crippen LogP contribution in [-0.2, 0) is 4.74 Å². The Morgan fingerprint density at radius 3 is 2.39 bits per heavy atom. The molecule has 1 fully saturated rings. The van der Waals surface area contributed by atoms with E-state index in [1.807, 2.05) is 38.1 Å². The van der Waals surface area contributed by atoms with Crippen LogP contribution in [0.5, 0.6) is 5.75 Å². The predicted molar refractivity (Wildman–Crippen MR) is 72.7 cm³/mol. The van der Waals surface area contributed by atoms with E-state index in [1.54, 1.807) is 0 Å². The predicted octanol–water partition coefficient (Wildman–Crippen LogP) is 3.04. The summed E-state index contributed by atoms with van der Waals surface area (Å²) >= 11 is 0. The maximum absolute atomic E-state index is 6.11. The third kappa shape index (κ3) is 3.72. The Labute approximate surface area is 109 Å². The highest BCUT2D eigenvalue weighted by Gasteiger charge is 2.19. The van der Waals surface area contributed by atoms with Crippen LogP contribution in [0, 0.1) is 0 Å². The number of benzene rings is 1. The summed E-state index contributed by atoms with van der Waals surface area (Å²) in [5.41, 5.74) is 7.21. The number of hydrogen-bond donors (Lipinski definition) is 1. The van der Waals surface area contributed by atoms with Crippen LogP contribution in [0.1, 0.15) is 44.7 Å². The molecule has 1 saturated carbocycles. The molecule has 0 aliphatic heterocycles. The zero-order valence-corrected chi connectivity index (χ0v) is 11.3. The lowest BCUT2D eigenvalue weighted by molar-refractivity contribution is -0.00446. The fraction of sp³-hybridized carbons (Fsp3) is 0.600. The summed E-state index contributed by atoms with van der Waals surface area (Å²) in [5.74, 6) is 0.890. The van der Waals surface area contributed by atoms with Gasteiger partial charge < -0.3 is 15.2 Å². The molecule has 3 nitrogen and oxygen atoms in total.